The predicted octanol–water partition coefficient (Wildman–Crippen LogP) is 4.24. The highest BCUT2D eigenvalue weighted by Gasteiger charge is 2.18. The van der Waals surface area contributed by atoms with E-state index in [-0.39, 0.29) is 23.8 Å². The third-order valence-electron chi connectivity index (χ3n) is 3.39. The molecule has 0 saturated heterocycles. The first-order valence-corrected chi connectivity index (χ1v) is 8.71. The quantitative estimate of drug-likeness (QED) is 0.422. The van der Waals surface area contributed by atoms with Crippen LogP contribution >= 0.6 is 22.9 Å². The second-order valence-corrected chi connectivity index (χ2v) is 7.29. The number of thiophene rings is 1. The monoisotopic (exact) mass is 379 g/mol. The Kier molecular flexibility index (Phi) is 6.69. The zero-order valence-electron chi connectivity index (χ0n) is 13.7. The van der Waals surface area contributed by atoms with E-state index in [1.807, 2.05) is 17.0 Å². The van der Waals surface area contributed by atoms with E-state index in [1.54, 1.807) is 25.1 Å². The van der Waals surface area contributed by atoms with Crippen molar-refractivity contribution in [1.82, 2.24) is 4.90 Å². The van der Waals surface area contributed by atoms with Crippen molar-refractivity contribution in [3.63, 3.8) is 0 Å². The molecule has 132 valence electrons. The maximum absolute atomic E-state index is 12.3. The van der Waals surface area contributed by atoms with Gasteiger partial charge in [-0.15, -0.1) is 17.9 Å². The van der Waals surface area contributed by atoms with E-state index in [1.165, 1.54) is 17.4 Å². The maximum atomic E-state index is 12.3. The average Bonchev–Trinajstić information content (AvgIpc) is 2.94. The number of aryl methyl sites for hydroxylation is 1. The molecule has 0 fully saturated rings. The summed E-state index contributed by atoms with van der Waals surface area (Å²) in [5.41, 5.74) is 0.833. The van der Waals surface area contributed by atoms with E-state index in [9.17, 15) is 14.9 Å². The zero-order chi connectivity index (χ0) is 18.4. The molecule has 0 aliphatic rings. The minimum Gasteiger partial charge on any atom is -0.319 e. The van der Waals surface area contributed by atoms with Gasteiger partial charge in [0.05, 0.1) is 15.8 Å². The first-order chi connectivity index (χ1) is 11.9. The molecule has 25 heavy (non-hydrogen) atoms. The molecule has 0 radical (unpaired) electrons. The molecule has 6 nitrogen and oxygen atoms in total. The van der Waals surface area contributed by atoms with Crippen LogP contribution in [0.4, 0.5) is 11.4 Å². The van der Waals surface area contributed by atoms with Crippen molar-refractivity contribution in [3.8, 4) is 0 Å². The minimum atomic E-state index is -0.502. The molecule has 1 amide bonds. The van der Waals surface area contributed by atoms with Crippen LogP contribution in [0.1, 0.15) is 10.4 Å². The van der Waals surface area contributed by atoms with Crippen LogP contribution in [0.2, 0.25) is 4.34 Å². The molecule has 2 aromatic rings. The number of anilines is 1. The molecule has 1 aromatic carbocycles. The lowest BCUT2D eigenvalue weighted by molar-refractivity contribution is -0.384. The second kappa shape index (κ2) is 8.75. The van der Waals surface area contributed by atoms with Gasteiger partial charge in [-0.05, 0) is 30.7 Å². The summed E-state index contributed by atoms with van der Waals surface area (Å²) in [6, 6.07) is 8.42. The molecule has 0 saturated carbocycles. The number of carbonyl (C=O) groups is 1. The lowest BCUT2D eigenvalue weighted by atomic mass is 10.2. The van der Waals surface area contributed by atoms with Gasteiger partial charge in [0.2, 0.25) is 5.91 Å². The van der Waals surface area contributed by atoms with Gasteiger partial charge in [-0.1, -0.05) is 23.7 Å². The van der Waals surface area contributed by atoms with Crippen molar-refractivity contribution >= 4 is 40.2 Å². The number of benzene rings is 1. The number of amides is 1. The van der Waals surface area contributed by atoms with Gasteiger partial charge in [0, 0.05) is 24.0 Å². The van der Waals surface area contributed by atoms with E-state index >= 15 is 0 Å². The summed E-state index contributed by atoms with van der Waals surface area (Å²) in [5, 5.41) is 13.8. The van der Waals surface area contributed by atoms with Crippen LogP contribution in [0.5, 0.6) is 0 Å². The summed E-state index contributed by atoms with van der Waals surface area (Å²) in [5.74, 6) is -0.323. The summed E-state index contributed by atoms with van der Waals surface area (Å²) in [6.07, 6.45) is 1.71. The molecule has 0 aliphatic carbocycles. The summed E-state index contributed by atoms with van der Waals surface area (Å²) < 4.78 is 0.688. The number of nitro groups is 1. The molecule has 1 heterocycles. The van der Waals surface area contributed by atoms with Crippen LogP contribution < -0.4 is 5.32 Å². The lowest BCUT2D eigenvalue weighted by Crippen LogP contribution is -2.33. The van der Waals surface area contributed by atoms with Crippen LogP contribution in [0.25, 0.3) is 0 Å². The van der Waals surface area contributed by atoms with Gasteiger partial charge in [0.15, 0.2) is 0 Å². The molecular formula is C17H18ClN3O3S. The fourth-order valence-corrected chi connectivity index (χ4v) is 3.45. The molecule has 0 bridgehead atoms. The van der Waals surface area contributed by atoms with Crippen LogP contribution in [0.3, 0.4) is 0 Å². The van der Waals surface area contributed by atoms with E-state index in [4.69, 9.17) is 11.6 Å². The third kappa shape index (κ3) is 5.67. The Morgan fingerprint density at radius 2 is 2.20 bits per heavy atom. The van der Waals surface area contributed by atoms with Crippen LogP contribution in [0.15, 0.2) is 43.0 Å². The molecule has 1 N–H and O–H groups in total. The average molecular weight is 380 g/mol. The second-order valence-electron chi connectivity index (χ2n) is 5.49. The summed E-state index contributed by atoms with van der Waals surface area (Å²) in [7, 11) is 0. The highest BCUT2D eigenvalue weighted by molar-refractivity contribution is 7.16. The predicted molar refractivity (Wildman–Crippen MR) is 101 cm³/mol. The van der Waals surface area contributed by atoms with Gasteiger partial charge in [0.1, 0.15) is 5.69 Å². The first kappa shape index (κ1) is 19.1. The van der Waals surface area contributed by atoms with Gasteiger partial charge in [-0.25, -0.2) is 0 Å². The fourth-order valence-electron chi connectivity index (χ4n) is 2.32. The Morgan fingerprint density at radius 3 is 2.80 bits per heavy atom. The van der Waals surface area contributed by atoms with E-state index in [0.717, 1.165) is 10.4 Å². The molecule has 0 spiro atoms. The van der Waals surface area contributed by atoms with Gasteiger partial charge in [0.25, 0.3) is 5.69 Å². The zero-order valence-corrected chi connectivity index (χ0v) is 15.3. The molecular weight excluding hydrogens is 362 g/mol. The number of hydrogen-bond donors (Lipinski definition) is 1. The largest absolute Gasteiger partial charge is 0.319 e. The van der Waals surface area contributed by atoms with Gasteiger partial charge >= 0.3 is 0 Å². The summed E-state index contributed by atoms with van der Waals surface area (Å²) in [4.78, 5) is 25.9. The Balaban J connectivity index is 2.06. The molecule has 0 unspecified atom stereocenters. The highest BCUT2D eigenvalue weighted by atomic mass is 35.5. The summed E-state index contributed by atoms with van der Waals surface area (Å²) in [6.45, 7) is 6.61. The minimum absolute atomic E-state index is 0.0899. The number of nitrogens with one attached hydrogen (secondary N) is 1. The number of nitro benzene ring substituents is 1. The molecule has 0 aliphatic heterocycles. The van der Waals surface area contributed by atoms with Crippen molar-refractivity contribution < 1.29 is 9.72 Å². The van der Waals surface area contributed by atoms with Crippen LogP contribution in [-0.2, 0) is 11.3 Å². The van der Waals surface area contributed by atoms with Gasteiger partial charge in [-0.3, -0.25) is 19.8 Å². The molecule has 0 atom stereocenters. The van der Waals surface area contributed by atoms with Crippen molar-refractivity contribution in [3.05, 3.63) is 67.9 Å². The maximum Gasteiger partial charge on any atom is 0.293 e. The van der Waals surface area contributed by atoms with Crippen molar-refractivity contribution in [2.45, 2.75) is 13.5 Å². The number of hydrogen-bond acceptors (Lipinski definition) is 5. The third-order valence-corrected chi connectivity index (χ3v) is 4.60. The van der Waals surface area contributed by atoms with E-state index in [0.29, 0.717) is 17.4 Å². The van der Waals surface area contributed by atoms with E-state index < -0.39 is 4.92 Å². The molecule has 8 heteroatoms. The standard InChI is InChI=1S/C17H18ClN3O3S/c1-3-8-20(10-13-5-7-16(18)25-13)11-17(22)19-14-6-4-12(2)9-15(14)21(23)24/h3-7,9H,1,8,10-11H2,2H3,(H,19,22). The molecule has 1 aromatic heterocycles. The summed E-state index contributed by atoms with van der Waals surface area (Å²) >= 11 is 7.38. The normalized spacial score (nSPS) is 10.7. The number of rotatable bonds is 8. The Bertz CT molecular complexity index is 791. The number of nitrogens with zero attached hydrogens (tertiary/aromatic N) is 2. The van der Waals surface area contributed by atoms with Crippen molar-refractivity contribution in [1.29, 1.82) is 0 Å². The smallest absolute Gasteiger partial charge is 0.293 e. The van der Waals surface area contributed by atoms with Crippen LogP contribution in [0, 0.1) is 17.0 Å². The molecule has 2 rings (SSSR count). The first-order valence-electron chi connectivity index (χ1n) is 7.51. The van der Waals surface area contributed by atoms with Gasteiger partial charge in [-0.2, -0.15) is 0 Å². The van der Waals surface area contributed by atoms with Crippen LogP contribution in [-0.4, -0.2) is 28.8 Å². The topological polar surface area (TPSA) is 75.5 Å². The SMILES string of the molecule is C=CCN(CC(=O)Nc1ccc(C)cc1[N+](=O)[O-])Cc1ccc(Cl)s1. The van der Waals surface area contributed by atoms with E-state index in [2.05, 4.69) is 11.9 Å². The Hall–Kier alpha value is -2.22. The number of carbonyl (C=O) groups excluding carboxylic acids is 1. The Morgan fingerprint density at radius 1 is 1.44 bits per heavy atom. The lowest BCUT2D eigenvalue weighted by Gasteiger charge is -2.19. The Labute approximate surface area is 154 Å². The highest BCUT2D eigenvalue weighted by Crippen LogP contribution is 2.25. The van der Waals surface area contributed by atoms with Crippen molar-refractivity contribution in [2.75, 3.05) is 18.4 Å². The van der Waals surface area contributed by atoms with Gasteiger partial charge < -0.3 is 5.32 Å². The fraction of sp³-hybridized carbons (Fsp3) is 0.235. The van der Waals surface area contributed by atoms with Crippen molar-refractivity contribution in [2.24, 2.45) is 0 Å². The number of halogens is 1.